The fraction of sp³-hybridized carbons (Fsp3) is 0.300. The molecule has 0 atom stereocenters. The molecule has 0 bridgehead atoms. The van der Waals surface area contributed by atoms with E-state index in [-0.39, 0.29) is 18.1 Å². The van der Waals surface area contributed by atoms with Crippen molar-refractivity contribution in [3.8, 4) is 5.75 Å². The number of hydrogen-bond donors (Lipinski definition) is 1. The summed E-state index contributed by atoms with van der Waals surface area (Å²) in [6.07, 6.45) is 0.755. The molecule has 0 amide bonds. The summed E-state index contributed by atoms with van der Waals surface area (Å²) >= 11 is 5.38. The van der Waals surface area contributed by atoms with Gasteiger partial charge in [-0.2, -0.15) is 0 Å². The lowest BCUT2D eigenvalue weighted by Crippen LogP contribution is -2.02. The number of aromatic hydroxyl groups is 1. The Hall–Kier alpha value is -0.300. The number of rotatable bonds is 3. The van der Waals surface area contributed by atoms with Crippen molar-refractivity contribution in [2.75, 3.05) is 7.11 Å². The van der Waals surface area contributed by atoms with E-state index in [0.29, 0.717) is 6.42 Å². The minimum atomic E-state index is -0.274. The zero-order valence-corrected chi connectivity index (χ0v) is 11.8. The van der Waals surface area contributed by atoms with Gasteiger partial charge in [-0.1, -0.05) is 15.9 Å². The molecule has 0 heterocycles. The quantitative estimate of drug-likeness (QED) is 0.643. The number of methoxy groups -OCH3 is 1. The summed E-state index contributed by atoms with van der Waals surface area (Å²) in [6.45, 7) is 0. The molecular weight excluding hydrogens is 375 g/mol. The molecule has 82 valence electrons. The molecule has 15 heavy (non-hydrogen) atoms. The van der Waals surface area contributed by atoms with Crippen molar-refractivity contribution in [2.24, 2.45) is 0 Å². The van der Waals surface area contributed by atoms with E-state index in [4.69, 9.17) is 0 Å². The van der Waals surface area contributed by atoms with Crippen LogP contribution in [0.3, 0.4) is 0 Å². The molecule has 0 radical (unpaired) electrons. The molecule has 0 spiro atoms. The molecule has 0 saturated heterocycles. The third-order valence-electron chi connectivity index (χ3n) is 1.93. The van der Waals surface area contributed by atoms with Crippen LogP contribution in [0.1, 0.15) is 12.0 Å². The summed E-state index contributed by atoms with van der Waals surface area (Å²) in [7, 11) is 1.35. The van der Waals surface area contributed by atoms with Gasteiger partial charge in [-0.3, -0.25) is 4.79 Å². The Morgan fingerprint density at radius 1 is 1.60 bits per heavy atom. The zero-order valence-electron chi connectivity index (χ0n) is 8.09. The van der Waals surface area contributed by atoms with Crippen LogP contribution in [0.5, 0.6) is 5.75 Å². The number of phenols is 1. The van der Waals surface area contributed by atoms with E-state index in [0.717, 1.165) is 13.6 Å². The van der Waals surface area contributed by atoms with Crippen LogP contribution >= 0.6 is 38.5 Å². The summed E-state index contributed by atoms with van der Waals surface area (Å²) < 4.78 is 6.20. The van der Waals surface area contributed by atoms with Crippen LogP contribution in [-0.2, 0) is 16.0 Å². The first-order valence-corrected chi connectivity index (χ1v) is 6.15. The first kappa shape index (κ1) is 12.8. The molecule has 1 rings (SSSR count). The summed E-state index contributed by atoms with van der Waals surface area (Å²) in [5.74, 6) is -0.0351. The lowest BCUT2D eigenvalue weighted by molar-refractivity contribution is -0.140. The van der Waals surface area contributed by atoms with Crippen molar-refractivity contribution in [2.45, 2.75) is 12.8 Å². The van der Waals surface area contributed by atoms with E-state index in [9.17, 15) is 9.90 Å². The first-order valence-electron chi connectivity index (χ1n) is 4.28. The minimum absolute atomic E-state index is 0.239. The molecule has 0 fully saturated rings. The van der Waals surface area contributed by atoms with Gasteiger partial charge < -0.3 is 9.84 Å². The Labute approximate surface area is 110 Å². The monoisotopic (exact) mass is 384 g/mol. The maximum atomic E-state index is 10.9. The topological polar surface area (TPSA) is 46.5 Å². The minimum Gasteiger partial charge on any atom is -0.507 e. The predicted octanol–water partition coefficient (Wildman–Crippen LogP) is 2.86. The SMILES string of the molecule is COC(=O)CCc1cc(Br)cc(I)c1O. The van der Waals surface area contributed by atoms with Crippen LogP contribution in [0.25, 0.3) is 0 Å². The highest BCUT2D eigenvalue weighted by atomic mass is 127. The molecule has 5 heteroatoms. The average Bonchev–Trinajstić information content (AvgIpc) is 2.20. The largest absolute Gasteiger partial charge is 0.507 e. The Balaban J connectivity index is 2.81. The predicted molar refractivity (Wildman–Crippen MR) is 68.9 cm³/mol. The number of halogens is 2. The van der Waals surface area contributed by atoms with E-state index in [1.54, 1.807) is 6.07 Å². The summed E-state index contributed by atoms with van der Waals surface area (Å²) in [5, 5.41) is 9.73. The van der Waals surface area contributed by atoms with Gasteiger partial charge in [-0.25, -0.2) is 0 Å². The molecule has 0 aliphatic heterocycles. The van der Waals surface area contributed by atoms with Crippen molar-refractivity contribution >= 4 is 44.5 Å². The van der Waals surface area contributed by atoms with Crippen molar-refractivity contribution < 1.29 is 14.6 Å². The first-order chi connectivity index (χ1) is 7.04. The number of phenolic OH excluding ortho intramolecular Hbond substituents is 1. The number of ether oxygens (including phenoxy) is 1. The maximum absolute atomic E-state index is 10.9. The highest BCUT2D eigenvalue weighted by Gasteiger charge is 2.09. The van der Waals surface area contributed by atoms with Gasteiger partial charge in [0.25, 0.3) is 0 Å². The molecule has 0 unspecified atom stereocenters. The third kappa shape index (κ3) is 3.64. The van der Waals surface area contributed by atoms with Crippen molar-refractivity contribution in [1.82, 2.24) is 0 Å². The van der Waals surface area contributed by atoms with Crippen molar-refractivity contribution in [3.63, 3.8) is 0 Å². The van der Waals surface area contributed by atoms with Crippen LogP contribution < -0.4 is 0 Å². The number of esters is 1. The fourth-order valence-electron chi connectivity index (χ4n) is 1.15. The fourth-order valence-corrected chi connectivity index (χ4v) is 2.76. The molecule has 1 aromatic rings. The molecular formula is C10H10BrIO3. The van der Waals surface area contributed by atoms with Crippen molar-refractivity contribution in [3.05, 3.63) is 25.7 Å². The molecule has 0 aliphatic carbocycles. The van der Waals surface area contributed by atoms with E-state index in [1.807, 2.05) is 28.7 Å². The van der Waals surface area contributed by atoms with Gasteiger partial charge in [0, 0.05) is 10.9 Å². The molecule has 1 N–H and O–H groups in total. The summed E-state index contributed by atoms with van der Waals surface area (Å²) in [6, 6.07) is 3.62. The van der Waals surface area contributed by atoms with Crippen LogP contribution in [0.15, 0.2) is 16.6 Å². The van der Waals surface area contributed by atoms with Crippen LogP contribution in [-0.4, -0.2) is 18.2 Å². The van der Waals surface area contributed by atoms with Gasteiger partial charge in [0.1, 0.15) is 5.75 Å². The zero-order chi connectivity index (χ0) is 11.4. The highest BCUT2D eigenvalue weighted by molar-refractivity contribution is 14.1. The molecule has 3 nitrogen and oxygen atoms in total. The number of carbonyl (C=O) groups excluding carboxylic acids is 1. The highest BCUT2D eigenvalue weighted by Crippen LogP contribution is 2.29. The smallest absolute Gasteiger partial charge is 0.305 e. The van der Waals surface area contributed by atoms with Gasteiger partial charge >= 0.3 is 5.97 Å². The Bertz CT molecular complexity index is 379. The van der Waals surface area contributed by atoms with Gasteiger partial charge in [-0.15, -0.1) is 0 Å². The standard InChI is InChI=1S/C10H10BrIO3/c1-15-9(13)3-2-6-4-7(11)5-8(12)10(6)14/h4-5,14H,2-3H2,1H3. The maximum Gasteiger partial charge on any atom is 0.305 e. The van der Waals surface area contributed by atoms with E-state index in [2.05, 4.69) is 20.7 Å². The van der Waals surface area contributed by atoms with Gasteiger partial charge in [-0.05, 0) is 46.7 Å². The summed E-state index contributed by atoms with van der Waals surface area (Å²) in [4.78, 5) is 10.9. The number of hydrogen-bond acceptors (Lipinski definition) is 3. The lowest BCUT2D eigenvalue weighted by Gasteiger charge is -2.06. The molecule has 0 saturated carbocycles. The second-order valence-electron chi connectivity index (χ2n) is 2.97. The number of carbonyl (C=O) groups is 1. The van der Waals surface area contributed by atoms with Crippen LogP contribution in [0, 0.1) is 3.57 Å². The van der Waals surface area contributed by atoms with E-state index >= 15 is 0 Å². The van der Waals surface area contributed by atoms with E-state index in [1.165, 1.54) is 7.11 Å². The number of aryl methyl sites for hydroxylation is 1. The van der Waals surface area contributed by atoms with Gasteiger partial charge in [0.05, 0.1) is 10.7 Å². The molecule has 1 aromatic carbocycles. The van der Waals surface area contributed by atoms with Gasteiger partial charge in [0.15, 0.2) is 0 Å². The Morgan fingerprint density at radius 3 is 2.87 bits per heavy atom. The summed E-state index contributed by atoms with van der Waals surface area (Å²) in [5.41, 5.74) is 0.749. The Kier molecular flexibility index (Phi) is 4.85. The second-order valence-corrected chi connectivity index (χ2v) is 5.05. The normalized spacial score (nSPS) is 10.1. The second kappa shape index (κ2) is 5.69. The van der Waals surface area contributed by atoms with Crippen LogP contribution in [0.2, 0.25) is 0 Å². The average molecular weight is 385 g/mol. The van der Waals surface area contributed by atoms with Crippen LogP contribution in [0.4, 0.5) is 0 Å². The molecule has 0 aliphatic rings. The number of benzene rings is 1. The Morgan fingerprint density at radius 2 is 2.27 bits per heavy atom. The third-order valence-corrected chi connectivity index (χ3v) is 3.21. The van der Waals surface area contributed by atoms with E-state index < -0.39 is 0 Å². The van der Waals surface area contributed by atoms with Gasteiger partial charge in [0.2, 0.25) is 0 Å². The molecule has 0 aromatic heterocycles. The van der Waals surface area contributed by atoms with Crippen molar-refractivity contribution in [1.29, 1.82) is 0 Å². The lowest BCUT2D eigenvalue weighted by atomic mass is 10.1.